The molecule has 32 heavy (non-hydrogen) atoms. The van der Waals surface area contributed by atoms with E-state index in [1.807, 2.05) is 49.4 Å². The highest BCUT2D eigenvalue weighted by Crippen LogP contribution is 2.28. The number of ether oxygens (including phenoxy) is 3. The normalized spacial score (nSPS) is 11.4. The summed E-state index contributed by atoms with van der Waals surface area (Å²) in [5, 5.41) is 2.89. The van der Waals surface area contributed by atoms with Crippen molar-refractivity contribution < 1.29 is 23.8 Å². The Morgan fingerprint density at radius 1 is 0.938 bits per heavy atom. The lowest BCUT2D eigenvalue weighted by atomic mass is 10.1. The summed E-state index contributed by atoms with van der Waals surface area (Å²) in [6.45, 7) is 4.69. The fourth-order valence-corrected chi connectivity index (χ4v) is 3.34. The molecule has 2 amide bonds. The molecule has 0 heterocycles. The number of benzene rings is 2. The van der Waals surface area contributed by atoms with E-state index in [4.69, 9.17) is 14.2 Å². The zero-order valence-corrected chi connectivity index (χ0v) is 19.6. The van der Waals surface area contributed by atoms with Crippen molar-refractivity contribution in [3.8, 4) is 17.2 Å². The van der Waals surface area contributed by atoms with Crippen LogP contribution >= 0.6 is 0 Å². The number of nitrogens with zero attached hydrogens (tertiary/aromatic N) is 1. The SMILES string of the molecule is CCCNC(=O)[C@H](C)N(Cc1ccc(OC)cc1)C(=O)CCc1ccc(OC)c(OC)c1. The highest BCUT2D eigenvalue weighted by molar-refractivity contribution is 5.87. The second kappa shape index (κ2) is 12.6. The van der Waals surface area contributed by atoms with Crippen LogP contribution in [0.25, 0.3) is 0 Å². The van der Waals surface area contributed by atoms with Crippen molar-refractivity contribution in [2.75, 3.05) is 27.9 Å². The Bertz CT molecular complexity index is 882. The van der Waals surface area contributed by atoms with Gasteiger partial charge in [-0.05, 0) is 55.2 Å². The van der Waals surface area contributed by atoms with Gasteiger partial charge in [0.25, 0.3) is 0 Å². The van der Waals surface area contributed by atoms with Crippen LogP contribution in [0.3, 0.4) is 0 Å². The lowest BCUT2D eigenvalue weighted by Crippen LogP contribution is -2.47. The molecule has 0 bridgehead atoms. The number of rotatable bonds is 12. The Labute approximate surface area is 190 Å². The molecule has 174 valence electrons. The third kappa shape index (κ3) is 6.90. The second-order valence-corrected chi connectivity index (χ2v) is 7.53. The Kier molecular flexibility index (Phi) is 9.85. The number of methoxy groups -OCH3 is 3. The van der Waals surface area contributed by atoms with Crippen LogP contribution in [0.2, 0.25) is 0 Å². The smallest absolute Gasteiger partial charge is 0.242 e. The van der Waals surface area contributed by atoms with Gasteiger partial charge < -0.3 is 24.4 Å². The first kappa shape index (κ1) is 25.0. The number of carbonyl (C=O) groups is 2. The molecule has 2 aromatic rings. The van der Waals surface area contributed by atoms with Crippen molar-refractivity contribution in [3.63, 3.8) is 0 Å². The van der Waals surface area contributed by atoms with Crippen LogP contribution in [0.4, 0.5) is 0 Å². The summed E-state index contributed by atoms with van der Waals surface area (Å²) in [6, 6.07) is 12.5. The first-order chi connectivity index (χ1) is 15.4. The molecule has 0 aliphatic rings. The van der Waals surface area contributed by atoms with E-state index in [1.54, 1.807) is 33.2 Å². The highest BCUT2D eigenvalue weighted by Gasteiger charge is 2.25. The molecule has 0 unspecified atom stereocenters. The van der Waals surface area contributed by atoms with Crippen molar-refractivity contribution in [3.05, 3.63) is 53.6 Å². The van der Waals surface area contributed by atoms with E-state index in [1.165, 1.54) is 0 Å². The van der Waals surface area contributed by atoms with Crippen molar-refractivity contribution in [2.24, 2.45) is 0 Å². The minimum Gasteiger partial charge on any atom is -0.497 e. The standard InChI is InChI=1S/C25H34N2O5/c1-6-15-26-25(29)18(2)27(17-20-7-11-21(30-3)12-8-20)24(28)14-10-19-9-13-22(31-4)23(16-19)32-5/h7-9,11-13,16,18H,6,10,14-15,17H2,1-5H3,(H,26,29)/t18-/m0/s1. The molecule has 0 saturated carbocycles. The molecular weight excluding hydrogens is 408 g/mol. The molecule has 7 heteroatoms. The zero-order chi connectivity index (χ0) is 23.5. The maximum atomic E-state index is 13.2. The number of amides is 2. The van der Waals surface area contributed by atoms with E-state index in [2.05, 4.69) is 5.32 Å². The Hall–Kier alpha value is -3.22. The van der Waals surface area contributed by atoms with Gasteiger partial charge >= 0.3 is 0 Å². The van der Waals surface area contributed by atoms with Gasteiger partial charge in [0.2, 0.25) is 11.8 Å². The summed E-state index contributed by atoms with van der Waals surface area (Å²) in [6.07, 6.45) is 1.64. The molecule has 1 atom stereocenters. The third-order valence-corrected chi connectivity index (χ3v) is 5.30. The summed E-state index contributed by atoms with van der Waals surface area (Å²) in [7, 11) is 4.78. The largest absolute Gasteiger partial charge is 0.497 e. The van der Waals surface area contributed by atoms with Crippen LogP contribution in [0, 0.1) is 0 Å². The predicted octanol–water partition coefficient (Wildman–Crippen LogP) is 3.59. The molecule has 0 aromatic heterocycles. The Balaban J connectivity index is 2.15. The third-order valence-electron chi connectivity index (χ3n) is 5.30. The molecule has 0 spiro atoms. The van der Waals surface area contributed by atoms with Gasteiger partial charge in [-0.2, -0.15) is 0 Å². The van der Waals surface area contributed by atoms with Gasteiger partial charge in [0, 0.05) is 19.5 Å². The molecule has 7 nitrogen and oxygen atoms in total. The van der Waals surface area contributed by atoms with E-state index < -0.39 is 6.04 Å². The summed E-state index contributed by atoms with van der Waals surface area (Å²) in [4.78, 5) is 27.5. The Morgan fingerprint density at radius 3 is 2.19 bits per heavy atom. The van der Waals surface area contributed by atoms with Crippen molar-refractivity contribution >= 4 is 11.8 Å². The summed E-state index contributed by atoms with van der Waals surface area (Å²) in [5.41, 5.74) is 1.89. The van der Waals surface area contributed by atoms with Gasteiger partial charge in [-0.3, -0.25) is 9.59 Å². The van der Waals surface area contributed by atoms with E-state index in [-0.39, 0.29) is 18.2 Å². The average Bonchev–Trinajstić information content (AvgIpc) is 2.83. The van der Waals surface area contributed by atoms with E-state index in [0.717, 1.165) is 23.3 Å². The maximum absolute atomic E-state index is 13.2. The van der Waals surface area contributed by atoms with Crippen molar-refractivity contribution in [2.45, 2.75) is 45.7 Å². The van der Waals surface area contributed by atoms with Gasteiger partial charge in [0.05, 0.1) is 21.3 Å². The lowest BCUT2D eigenvalue weighted by Gasteiger charge is -2.29. The van der Waals surface area contributed by atoms with Crippen LogP contribution in [0.1, 0.15) is 37.8 Å². The van der Waals surface area contributed by atoms with Crippen molar-refractivity contribution in [1.82, 2.24) is 10.2 Å². The fraction of sp³-hybridized carbons (Fsp3) is 0.440. The van der Waals surface area contributed by atoms with Gasteiger partial charge in [-0.1, -0.05) is 25.1 Å². The van der Waals surface area contributed by atoms with Crippen molar-refractivity contribution in [1.29, 1.82) is 0 Å². The number of nitrogens with one attached hydrogen (secondary N) is 1. The predicted molar refractivity (Wildman–Crippen MR) is 124 cm³/mol. The van der Waals surface area contributed by atoms with Crippen LogP contribution in [-0.4, -0.2) is 50.6 Å². The number of carbonyl (C=O) groups excluding carboxylic acids is 2. The topological polar surface area (TPSA) is 77.1 Å². The first-order valence-corrected chi connectivity index (χ1v) is 10.8. The first-order valence-electron chi connectivity index (χ1n) is 10.8. The fourth-order valence-electron chi connectivity index (χ4n) is 3.34. The minimum atomic E-state index is -0.582. The summed E-state index contributed by atoms with van der Waals surface area (Å²) in [5.74, 6) is 1.77. The molecule has 0 saturated heterocycles. The monoisotopic (exact) mass is 442 g/mol. The molecule has 0 aliphatic heterocycles. The number of hydrogen-bond donors (Lipinski definition) is 1. The van der Waals surface area contributed by atoms with E-state index in [0.29, 0.717) is 31.0 Å². The maximum Gasteiger partial charge on any atom is 0.242 e. The summed E-state index contributed by atoms with van der Waals surface area (Å²) >= 11 is 0. The highest BCUT2D eigenvalue weighted by atomic mass is 16.5. The molecule has 2 rings (SSSR count). The molecule has 0 aliphatic carbocycles. The van der Waals surface area contributed by atoms with Crippen LogP contribution in [-0.2, 0) is 22.6 Å². The van der Waals surface area contributed by atoms with Crippen LogP contribution in [0.15, 0.2) is 42.5 Å². The van der Waals surface area contributed by atoms with E-state index >= 15 is 0 Å². The summed E-state index contributed by atoms with van der Waals surface area (Å²) < 4.78 is 15.8. The molecule has 0 radical (unpaired) electrons. The Morgan fingerprint density at radius 2 is 1.59 bits per heavy atom. The number of hydrogen-bond acceptors (Lipinski definition) is 5. The quantitative estimate of drug-likeness (QED) is 0.544. The van der Waals surface area contributed by atoms with Gasteiger partial charge in [-0.25, -0.2) is 0 Å². The van der Waals surface area contributed by atoms with Gasteiger partial charge in [-0.15, -0.1) is 0 Å². The van der Waals surface area contributed by atoms with Gasteiger partial charge in [0.1, 0.15) is 11.8 Å². The molecule has 1 N–H and O–H groups in total. The number of aryl methyl sites for hydroxylation is 1. The second-order valence-electron chi connectivity index (χ2n) is 7.53. The molecular formula is C25H34N2O5. The average molecular weight is 443 g/mol. The van der Waals surface area contributed by atoms with Crippen LogP contribution in [0.5, 0.6) is 17.2 Å². The minimum absolute atomic E-state index is 0.0882. The molecule has 2 aromatic carbocycles. The molecule has 0 fully saturated rings. The van der Waals surface area contributed by atoms with Gasteiger partial charge in [0.15, 0.2) is 11.5 Å². The van der Waals surface area contributed by atoms with Crippen LogP contribution < -0.4 is 19.5 Å². The van der Waals surface area contributed by atoms with E-state index in [9.17, 15) is 9.59 Å². The zero-order valence-electron chi connectivity index (χ0n) is 19.6. The lowest BCUT2D eigenvalue weighted by molar-refractivity contribution is -0.140.